The molecule has 0 bridgehead atoms. The van der Waals surface area contributed by atoms with Crippen molar-refractivity contribution in [1.29, 1.82) is 16.2 Å². The van der Waals surface area contributed by atoms with Crippen molar-refractivity contribution in [3.05, 3.63) is 71.5 Å². The number of hydrogen-bond donors (Lipinski definition) is 4. The number of carbonyl (C=O) groups excluding carboxylic acids is 2. The minimum atomic E-state index is -0.586. The highest BCUT2D eigenvalue weighted by Gasteiger charge is 2.51. The van der Waals surface area contributed by atoms with Crippen LogP contribution in [-0.2, 0) is 16.6 Å². The van der Waals surface area contributed by atoms with Crippen molar-refractivity contribution in [3.63, 3.8) is 0 Å². The Kier molecular flexibility index (Phi) is 9.65. The van der Waals surface area contributed by atoms with E-state index in [1.54, 1.807) is 41.1 Å². The van der Waals surface area contributed by atoms with Crippen molar-refractivity contribution in [2.24, 2.45) is 12.5 Å². The number of aromatic nitrogens is 4. The van der Waals surface area contributed by atoms with Gasteiger partial charge in [0, 0.05) is 38.8 Å². The van der Waals surface area contributed by atoms with E-state index in [-0.39, 0.29) is 46.1 Å². The highest BCUT2D eigenvalue weighted by Crippen LogP contribution is 2.42. The first-order valence-electron chi connectivity index (χ1n) is 16.3. The quantitative estimate of drug-likeness (QED) is 0.193. The molecular weight excluding hydrogens is 643 g/mol. The standard InChI is InChI=1S/C34H41N11O3S/c1-21(2)48-24-6-4-22(5-7-24)28(36)29-25(35)8-9-26(40-29)45-17-13-34(33(45)47)12-16-43(19-34)18-27(46)44-14-10-23(11-15-44)30(37)49-31(38)32-39-20-42(3)41-32/h4-10,20-21,36-38H,11-19,35H2,1-3H3/t34-/m0/s1. The lowest BCUT2D eigenvalue weighted by molar-refractivity contribution is -0.132. The minimum Gasteiger partial charge on any atom is -0.491 e. The molecule has 0 unspecified atom stereocenters. The summed E-state index contributed by atoms with van der Waals surface area (Å²) in [6, 6.07) is 10.7. The number of rotatable bonds is 9. The van der Waals surface area contributed by atoms with Crippen LogP contribution in [0.5, 0.6) is 5.75 Å². The number of likely N-dealkylation sites (tertiary alicyclic amines) is 1. The fourth-order valence-corrected chi connectivity index (χ4v) is 7.19. The largest absolute Gasteiger partial charge is 0.491 e. The second kappa shape index (κ2) is 13.9. The first-order valence-corrected chi connectivity index (χ1v) is 17.1. The molecule has 2 saturated heterocycles. The number of aryl methyl sites for hydroxylation is 1. The molecule has 15 heteroatoms. The Morgan fingerprint density at radius 1 is 1.06 bits per heavy atom. The maximum atomic E-state index is 13.9. The molecule has 0 saturated carbocycles. The van der Waals surface area contributed by atoms with E-state index >= 15 is 0 Å². The van der Waals surface area contributed by atoms with E-state index in [9.17, 15) is 9.59 Å². The number of anilines is 2. The molecule has 14 nitrogen and oxygen atoms in total. The zero-order valence-electron chi connectivity index (χ0n) is 27.9. The lowest BCUT2D eigenvalue weighted by Gasteiger charge is -2.29. The number of nitrogens with two attached hydrogens (primary N) is 1. The van der Waals surface area contributed by atoms with Crippen molar-refractivity contribution in [1.82, 2.24) is 29.5 Å². The molecule has 49 heavy (non-hydrogen) atoms. The summed E-state index contributed by atoms with van der Waals surface area (Å²) in [6.07, 6.45) is 5.29. The second-order valence-electron chi connectivity index (χ2n) is 12.9. The SMILES string of the molecule is CC(C)Oc1ccc(C(=N)c2nc(N3CC[C@]4(CCN(CC(=O)N5CC=C(C(=N)SC(=N)c6ncn(C)n6)CC5)C4)C3=O)ccc2N)cc1. The molecule has 0 radical (unpaired) electrons. The van der Waals surface area contributed by atoms with Crippen molar-refractivity contribution in [2.75, 3.05) is 49.9 Å². The van der Waals surface area contributed by atoms with Crippen LogP contribution in [0.25, 0.3) is 0 Å². The van der Waals surface area contributed by atoms with Gasteiger partial charge in [-0.1, -0.05) is 6.08 Å². The minimum absolute atomic E-state index is 0.00794. The average molecular weight is 684 g/mol. The molecule has 1 aromatic carbocycles. The third-order valence-corrected chi connectivity index (χ3v) is 9.96. The van der Waals surface area contributed by atoms with E-state index in [0.717, 1.165) is 17.3 Å². The summed E-state index contributed by atoms with van der Waals surface area (Å²) in [5, 5.41) is 29.9. The van der Waals surface area contributed by atoms with Crippen LogP contribution < -0.4 is 15.4 Å². The summed E-state index contributed by atoms with van der Waals surface area (Å²) in [5.41, 5.74) is 7.96. The predicted octanol–water partition coefficient (Wildman–Crippen LogP) is 3.32. The van der Waals surface area contributed by atoms with E-state index in [4.69, 9.17) is 31.7 Å². The van der Waals surface area contributed by atoms with Gasteiger partial charge in [0.05, 0.1) is 34.5 Å². The number of nitrogens with zero attached hydrogens (tertiary/aromatic N) is 7. The van der Waals surface area contributed by atoms with Crippen LogP contribution in [0.1, 0.15) is 50.2 Å². The Morgan fingerprint density at radius 3 is 2.49 bits per heavy atom. The van der Waals surface area contributed by atoms with E-state index in [1.165, 1.54) is 11.0 Å². The molecule has 0 aliphatic carbocycles. The molecule has 3 aliphatic rings. The van der Waals surface area contributed by atoms with Gasteiger partial charge < -0.3 is 15.4 Å². The highest BCUT2D eigenvalue weighted by atomic mass is 32.2. The highest BCUT2D eigenvalue weighted by molar-refractivity contribution is 8.27. The summed E-state index contributed by atoms with van der Waals surface area (Å²) < 4.78 is 7.24. The lowest BCUT2D eigenvalue weighted by atomic mass is 9.85. The lowest BCUT2D eigenvalue weighted by Crippen LogP contribution is -2.43. The van der Waals surface area contributed by atoms with E-state index in [0.29, 0.717) is 80.5 Å². The fraction of sp³-hybridized carbons (Fsp3) is 0.412. The van der Waals surface area contributed by atoms with Crippen LogP contribution in [0.2, 0.25) is 0 Å². The van der Waals surface area contributed by atoms with Gasteiger partial charge in [-0.3, -0.25) is 40.3 Å². The Labute approximate surface area is 289 Å². The van der Waals surface area contributed by atoms with Crippen LogP contribution in [0.3, 0.4) is 0 Å². The van der Waals surface area contributed by atoms with Crippen LogP contribution >= 0.6 is 11.8 Å². The van der Waals surface area contributed by atoms with E-state index in [2.05, 4.69) is 15.0 Å². The third kappa shape index (κ3) is 7.27. The van der Waals surface area contributed by atoms with Gasteiger partial charge in [0.25, 0.3) is 0 Å². The number of amides is 2. The summed E-state index contributed by atoms with van der Waals surface area (Å²) in [4.78, 5) is 41.5. The van der Waals surface area contributed by atoms with Crippen LogP contribution in [0.15, 0.2) is 54.4 Å². The topological polar surface area (TPSA) is 194 Å². The summed E-state index contributed by atoms with van der Waals surface area (Å²) in [7, 11) is 1.73. The zero-order chi connectivity index (χ0) is 34.9. The Hall–Kier alpha value is -4.89. The first kappa shape index (κ1) is 34.0. The number of nitrogen functional groups attached to an aromatic ring is 1. The molecule has 5 heterocycles. The molecule has 3 aliphatic heterocycles. The maximum absolute atomic E-state index is 13.9. The number of hydrogen-bond acceptors (Lipinski definition) is 12. The molecule has 1 spiro atoms. The van der Waals surface area contributed by atoms with Gasteiger partial charge in [-0.25, -0.2) is 9.97 Å². The van der Waals surface area contributed by atoms with Gasteiger partial charge >= 0.3 is 0 Å². The number of pyridine rings is 1. The van der Waals surface area contributed by atoms with Crippen molar-refractivity contribution in [3.8, 4) is 5.75 Å². The van der Waals surface area contributed by atoms with Crippen molar-refractivity contribution in [2.45, 2.75) is 39.2 Å². The summed E-state index contributed by atoms with van der Waals surface area (Å²) in [5.74, 6) is 1.44. The molecule has 5 N–H and O–H groups in total. The van der Waals surface area contributed by atoms with Crippen molar-refractivity contribution < 1.29 is 14.3 Å². The molecule has 6 rings (SSSR count). The molecule has 256 valence electrons. The van der Waals surface area contributed by atoms with Gasteiger partial charge in [0.15, 0.2) is 0 Å². The van der Waals surface area contributed by atoms with E-state index in [1.807, 2.05) is 32.1 Å². The number of carbonyl (C=O) groups is 2. The number of benzene rings is 1. The molecular formula is C34H41N11O3S. The first-order chi connectivity index (χ1) is 23.4. The Morgan fingerprint density at radius 2 is 1.82 bits per heavy atom. The van der Waals surface area contributed by atoms with Gasteiger partial charge in [0.2, 0.25) is 17.6 Å². The van der Waals surface area contributed by atoms with Gasteiger partial charge in [-0.2, -0.15) is 0 Å². The zero-order valence-corrected chi connectivity index (χ0v) is 28.7. The fourth-order valence-electron chi connectivity index (χ4n) is 6.48. The summed E-state index contributed by atoms with van der Waals surface area (Å²) in [6.45, 7) is 6.67. The monoisotopic (exact) mass is 683 g/mol. The van der Waals surface area contributed by atoms with Gasteiger partial charge in [0.1, 0.15) is 28.6 Å². The van der Waals surface area contributed by atoms with E-state index < -0.39 is 5.41 Å². The molecule has 2 amide bonds. The smallest absolute Gasteiger partial charge is 0.237 e. The average Bonchev–Trinajstić information content (AvgIpc) is 3.80. The normalized spacial score (nSPS) is 19.5. The predicted molar refractivity (Wildman–Crippen MR) is 190 cm³/mol. The molecule has 1 atom stereocenters. The van der Waals surface area contributed by atoms with Crippen LogP contribution in [-0.4, -0.2) is 103 Å². The van der Waals surface area contributed by atoms with Gasteiger partial charge in [-0.15, -0.1) is 5.10 Å². The second-order valence-corrected chi connectivity index (χ2v) is 14.0. The number of thioether (sulfide) groups is 1. The Bertz CT molecular complexity index is 1840. The number of nitrogens with one attached hydrogen (secondary N) is 3. The molecule has 2 fully saturated rings. The maximum Gasteiger partial charge on any atom is 0.237 e. The summed E-state index contributed by atoms with van der Waals surface area (Å²) >= 11 is 1.01. The molecule has 2 aromatic heterocycles. The third-order valence-electron chi connectivity index (χ3n) is 9.10. The molecule has 3 aromatic rings. The van der Waals surface area contributed by atoms with Crippen LogP contribution in [0, 0.1) is 21.6 Å². The van der Waals surface area contributed by atoms with Gasteiger partial charge in [-0.05, 0) is 93.4 Å². The number of ether oxygens (including phenoxy) is 1. The van der Waals surface area contributed by atoms with Crippen molar-refractivity contribution >= 4 is 50.9 Å². The Balaban J connectivity index is 1.04. The van der Waals surface area contributed by atoms with Crippen LogP contribution in [0.4, 0.5) is 11.5 Å².